The van der Waals surface area contributed by atoms with Gasteiger partial charge in [0.25, 0.3) is 0 Å². The van der Waals surface area contributed by atoms with Gasteiger partial charge in [-0.15, -0.1) is 11.3 Å². The van der Waals surface area contributed by atoms with Crippen molar-refractivity contribution in [2.45, 2.75) is 13.1 Å². The lowest BCUT2D eigenvalue weighted by Crippen LogP contribution is -2.30. The Kier molecular flexibility index (Phi) is 4.86. The third kappa shape index (κ3) is 3.44. The minimum atomic E-state index is -0.323. The summed E-state index contributed by atoms with van der Waals surface area (Å²) < 4.78 is 15.8. The zero-order chi connectivity index (χ0) is 17.1. The van der Waals surface area contributed by atoms with Crippen LogP contribution in [-0.4, -0.2) is 32.6 Å². The van der Waals surface area contributed by atoms with Gasteiger partial charge in [-0.1, -0.05) is 24.3 Å². The Balaban J connectivity index is 1.77. The summed E-state index contributed by atoms with van der Waals surface area (Å²) in [6, 6.07) is 10.2. The van der Waals surface area contributed by atoms with E-state index in [1.54, 1.807) is 29.8 Å². The first-order chi connectivity index (χ1) is 11.6. The molecule has 1 aromatic carbocycles. The van der Waals surface area contributed by atoms with Crippen LogP contribution in [0.3, 0.4) is 0 Å². The van der Waals surface area contributed by atoms with Crippen LogP contribution < -0.4 is 0 Å². The summed E-state index contributed by atoms with van der Waals surface area (Å²) in [5.74, 6) is 0.132. The summed E-state index contributed by atoms with van der Waals surface area (Å²) in [6.45, 7) is 0.249. The molecule has 0 saturated carbocycles. The molecule has 0 saturated heterocycles. The predicted octanol–water partition coefficient (Wildman–Crippen LogP) is 3.47. The summed E-state index contributed by atoms with van der Waals surface area (Å²) in [5, 5.41) is 8.85. The number of thiophene rings is 1. The molecule has 0 aliphatic carbocycles. The molecule has 1 amide bonds. The van der Waals surface area contributed by atoms with Crippen LogP contribution in [0.4, 0.5) is 4.39 Å². The molecule has 0 radical (unpaired) electrons. The molecule has 0 unspecified atom stereocenters. The fourth-order valence-corrected chi connectivity index (χ4v) is 3.20. The number of rotatable bonds is 5. The Morgan fingerprint density at radius 3 is 2.88 bits per heavy atom. The van der Waals surface area contributed by atoms with Gasteiger partial charge in [0.2, 0.25) is 5.91 Å². The van der Waals surface area contributed by atoms with Gasteiger partial charge in [0, 0.05) is 19.2 Å². The molecule has 24 heavy (non-hydrogen) atoms. The summed E-state index contributed by atoms with van der Waals surface area (Å²) in [7, 11) is 1.64. The third-order valence-electron chi connectivity index (χ3n) is 3.58. The molecular formula is C16H15FN4OS2. The highest BCUT2D eigenvalue weighted by molar-refractivity contribution is 7.71. The highest BCUT2D eigenvalue weighted by atomic mass is 32.1. The number of halogens is 1. The van der Waals surface area contributed by atoms with Crippen LogP contribution in [-0.2, 0) is 17.9 Å². The SMILES string of the molecule is CN(Cc1ccccc1F)C(=O)Cn1c(-c2cccs2)n[nH]c1=S. The van der Waals surface area contributed by atoms with Crippen molar-refractivity contribution in [1.82, 2.24) is 19.7 Å². The van der Waals surface area contributed by atoms with Gasteiger partial charge in [-0.25, -0.2) is 4.39 Å². The topological polar surface area (TPSA) is 53.9 Å². The lowest BCUT2D eigenvalue weighted by Gasteiger charge is -2.18. The largest absolute Gasteiger partial charge is 0.340 e. The summed E-state index contributed by atoms with van der Waals surface area (Å²) >= 11 is 6.74. The van der Waals surface area contributed by atoms with Crippen molar-refractivity contribution >= 4 is 29.5 Å². The number of hydrogen-bond donors (Lipinski definition) is 1. The number of carbonyl (C=O) groups is 1. The van der Waals surface area contributed by atoms with Gasteiger partial charge < -0.3 is 4.90 Å². The number of hydrogen-bond acceptors (Lipinski definition) is 4. The van der Waals surface area contributed by atoms with Gasteiger partial charge >= 0.3 is 0 Å². The fourth-order valence-electron chi connectivity index (χ4n) is 2.28. The van der Waals surface area contributed by atoms with Crippen LogP contribution in [0.15, 0.2) is 41.8 Å². The summed E-state index contributed by atoms with van der Waals surface area (Å²) in [5.41, 5.74) is 0.475. The van der Waals surface area contributed by atoms with Crippen molar-refractivity contribution < 1.29 is 9.18 Å². The highest BCUT2D eigenvalue weighted by Gasteiger charge is 2.16. The molecule has 0 aliphatic rings. The molecule has 3 rings (SSSR count). The molecule has 0 fully saturated rings. The molecule has 3 aromatic rings. The number of carbonyl (C=O) groups excluding carboxylic acids is 1. The number of likely N-dealkylation sites (N-methyl/N-ethyl adjacent to an activating group) is 1. The lowest BCUT2D eigenvalue weighted by atomic mass is 10.2. The van der Waals surface area contributed by atoms with E-state index < -0.39 is 0 Å². The molecule has 8 heteroatoms. The first kappa shape index (κ1) is 16.5. The van der Waals surface area contributed by atoms with Gasteiger partial charge in [-0.05, 0) is 29.7 Å². The molecule has 0 spiro atoms. The van der Waals surface area contributed by atoms with Gasteiger partial charge in [0.15, 0.2) is 10.6 Å². The van der Waals surface area contributed by atoms with Gasteiger partial charge in [0.1, 0.15) is 12.4 Å². The van der Waals surface area contributed by atoms with Crippen LogP contribution >= 0.6 is 23.6 Å². The average Bonchev–Trinajstić information content (AvgIpc) is 3.20. The zero-order valence-corrected chi connectivity index (χ0v) is 14.5. The van der Waals surface area contributed by atoms with Crippen molar-refractivity contribution in [3.8, 4) is 10.7 Å². The standard InChI is InChI=1S/C16H15FN4OS2/c1-20(9-11-5-2-3-6-12(11)17)14(22)10-21-15(18-19-16(21)23)13-7-4-8-24-13/h2-8H,9-10H2,1H3,(H,19,23). The minimum absolute atomic E-state index is 0.0491. The number of H-pyrrole nitrogens is 1. The average molecular weight is 362 g/mol. The molecule has 0 atom stereocenters. The molecule has 0 bridgehead atoms. The van der Waals surface area contributed by atoms with Crippen molar-refractivity contribution in [2.24, 2.45) is 0 Å². The van der Waals surface area contributed by atoms with Gasteiger partial charge in [-0.3, -0.25) is 14.5 Å². The van der Waals surface area contributed by atoms with E-state index in [4.69, 9.17) is 12.2 Å². The summed E-state index contributed by atoms with van der Waals surface area (Å²) in [4.78, 5) is 14.9. The maximum absolute atomic E-state index is 13.7. The maximum atomic E-state index is 13.7. The molecule has 2 heterocycles. The van der Waals surface area contributed by atoms with Crippen LogP contribution in [0.25, 0.3) is 10.7 Å². The van der Waals surface area contributed by atoms with E-state index in [2.05, 4.69) is 10.2 Å². The second-order valence-electron chi connectivity index (χ2n) is 5.26. The van der Waals surface area contributed by atoms with Crippen LogP contribution in [0.1, 0.15) is 5.56 Å². The maximum Gasteiger partial charge on any atom is 0.242 e. The lowest BCUT2D eigenvalue weighted by molar-refractivity contribution is -0.131. The number of amides is 1. The molecule has 2 aromatic heterocycles. The van der Waals surface area contributed by atoms with E-state index in [1.165, 1.54) is 22.3 Å². The second-order valence-corrected chi connectivity index (χ2v) is 6.59. The Morgan fingerprint density at radius 1 is 1.38 bits per heavy atom. The van der Waals surface area contributed by atoms with E-state index in [0.717, 1.165) is 4.88 Å². The number of aromatic nitrogens is 3. The van der Waals surface area contributed by atoms with Gasteiger partial charge in [0.05, 0.1) is 4.88 Å². The number of nitrogens with zero attached hydrogens (tertiary/aromatic N) is 3. The van der Waals surface area contributed by atoms with Crippen molar-refractivity contribution in [2.75, 3.05) is 7.05 Å². The third-order valence-corrected chi connectivity index (χ3v) is 4.76. The number of nitrogens with one attached hydrogen (secondary N) is 1. The first-order valence-corrected chi connectivity index (χ1v) is 8.51. The second kappa shape index (κ2) is 7.06. The van der Waals surface area contributed by atoms with Crippen molar-refractivity contribution in [3.05, 3.63) is 57.9 Å². The predicted molar refractivity (Wildman–Crippen MR) is 93.6 cm³/mol. The zero-order valence-electron chi connectivity index (χ0n) is 12.9. The molecule has 0 aliphatic heterocycles. The highest BCUT2D eigenvalue weighted by Crippen LogP contribution is 2.22. The smallest absolute Gasteiger partial charge is 0.242 e. The van der Waals surface area contributed by atoms with E-state index in [-0.39, 0.29) is 24.8 Å². The van der Waals surface area contributed by atoms with Crippen LogP contribution in [0.5, 0.6) is 0 Å². The number of aromatic amines is 1. The van der Waals surface area contributed by atoms with E-state index in [0.29, 0.717) is 16.2 Å². The van der Waals surface area contributed by atoms with E-state index in [1.807, 2.05) is 17.5 Å². The monoisotopic (exact) mass is 362 g/mol. The quantitative estimate of drug-likeness (QED) is 0.707. The Hall–Kier alpha value is -2.32. The van der Waals surface area contributed by atoms with Gasteiger partial charge in [-0.2, -0.15) is 5.10 Å². The Labute approximate surface area is 147 Å². The van der Waals surface area contributed by atoms with Crippen molar-refractivity contribution in [1.29, 1.82) is 0 Å². The number of benzene rings is 1. The summed E-state index contributed by atoms with van der Waals surface area (Å²) in [6.07, 6.45) is 0. The first-order valence-electron chi connectivity index (χ1n) is 7.22. The Morgan fingerprint density at radius 2 is 2.17 bits per heavy atom. The fraction of sp³-hybridized carbons (Fsp3) is 0.188. The molecule has 5 nitrogen and oxygen atoms in total. The van der Waals surface area contributed by atoms with E-state index in [9.17, 15) is 9.18 Å². The van der Waals surface area contributed by atoms with Crippen LogP contribution in [0, 0.1) is 10.6 Å². The molecule has 124 valence electrons. The normalized spacial score (nSPS) is 10.8. The molecule has 1 N–H and O–H groups in total. The molecular weight excluding hydrogens is 347 g/mol. The Bertz CT molecular complexity index is 901. The minimum Gasteiger partial charge on any atom is -0.340 e. The van der Waals surface area contributed by atoms with Crippen LogP contribution in [0.2, 0.25) is 0 Å². The van der Waals surface area contributed by atoms with E-state index >= 15 is 0 Å². The van der Waals surface area contributed by atoms with Crippen molar-refractivity contribution in [3.63, 3.8) is 0 Å².